The molecule has 572 valence electrons. The molecule has 1 amide bonds. The van der Waals surface area contributed by atoms with Gasteiger partial charge < -0.3 is 89.9 Å². The molecule has 98 heavy (non-hydrogen) atoms. The molecular weight excluding hydrogens is 1250 g/mol. The molecule has 0 aliphatic carbocycles. The van der Waals surface area contributed by atoms with Crippen molar-refractivity contribution >= 4 is 5.91 Å². The van der Waals surface area contributed by atoms with Gasteiger partial charge in [0.2, 0.25) is 5.91 Å². The first-order valence-corrected chi connectivity index (χ1v) is 39.5. The summed E-state index contributed by atoms with van der Waals surface area (Å²) in [4.78, 5) is 13.4. The van der Waals surface area contributed by atoms with E-state index in [2.05, 4.69) is 67.8 Å². The maximum absolute atomic E-state index is 13.4. The SMILES string of the molecule is CCCCCCC/C=C\C/C=C\CCCCCCCCCCCC(=O)NC(COC1OC(CO)C(OC2OC(CO)C(OC3OC(CO)C(O)C(O)C3O)C(O)C2O)C(O)C1O)C(O)/C=C/CC/C=C/CC/C=C/CCCCCCCCCCCCCCCCCCCCCCCC. The summed E-state index contributed by atoms with van der Waals surface area (Å²) in [5.41, 5.74) is 0. The van der Waals surface area contributed by atoms with E-state index < -0.39 is 124 Å². The first kappa shape index (κ1) is 89.7. The third kappa shape index (κ3) is 39.9. The molecule has 0 spiro atoms. The van der Waals surface area contributed by atoms with Crippen LogP contribution in [-0.4, -0.2) is 193 Å². The van der Waals surface area contributed by atoms with E-state index in [1.54, 1.807) is 6.08 Å². The molecule has 0 bridgehead atoms. The smallest absolute Gasteiger partial charge is 0.220 e. The zero-order valence-corrected chi connectivity index (χ0v) is 61.0. The molecule has 17 unspecified atom stereocenters. The van der Waals surface area contributed by atoms with E-state index >= 15 is 0 Å². The minimum absolute atomic E-state index is 0.226. The van der Waals surface area contributed by atoms with Crippen molar-refractivity contribution in [2.75, 3.05) is 26.4 Å². The minimum Gasteiger partial charge on any atom is -0.394 e. The number of rotatable bonds is 62. The number of aliphatic hydroxyl groups excluding tert-OH is 11. The van der Waals surface area contributed by atoms with Crippen LogP contribution in [0.15, 0.2) is 60.8 Å². The van der Waals surface area contributed by atoms with Crippen LogP contribution >= 0.6 is 0 Å². The van der Waals surface area contributed by atoms with E-state index in [1.165, 1.54) is 205 Å². The van der Waals surface area contributed by atoms with Crippen LogP contribution in [0.25, 0.3) is 0 Å². The van der Waals surface area contributed by atoms with Crippen molar-refractivity contribution in [1.29, 1.82) is 0 Å². The van der Waals surface area contributed by atoms with Crippen molar-refractivity contribution in [3.63, 3.8) is 0 Å². The second-order valence-corrected chi connectivity index (χ2v) is 28.2. The van der Waals surface area contributed by atoms with Gasteiger partial charge in [-0.2, -0.15) is 0 Å². The van der Waals surface area contributed by atoms with Crippen LogP contribution in [0.2, 0.25) is 0 Å². The highest BCUT2D eigenvalue weighted by Crippen LogP contribution is 2.33. The fourth-order valence-electron chi connectivity index (χ4n) is 13.1. The molecule has 3 fully saturated rings. The second-order valence-electron chi connectivity index (χ2n) is 28.2. The Morgan fingerprint density at radius 3 is 1.08 bits per heavy atom. The largest absolute Gasteiger partial charge is 0.394 e. The van der Waals surface area contributed by atoms with Gasteiger partial charge in [0.05, 0.1) is 38.6 Å². The highest BCUT2D eigenvalue weighted by Gasteiger charge is 2.53. The average Bonchev–Trinajstić information content (AvgIpc) is 0.784. The molecule has 12 N–H and O–H groups in total. The quantitative estimate of drug-likeness (QED) is 0.0199. The highest BCUT2D eigenvalue weighted by molar-refractivity contribution is 5.76. The fourth-order valence-corrected chi connectivity index (χ4v) is 13.1. The Balaban J connectivity index is 1.40. The van der Waals surface area contributed by atoms with E-state index in [9.17, 15) is 61.0 Å². The highest BCUT2D eigenvalue weighted by atomic mass is 16.8. The maximum atomic E-state index is 13.4. The summed E-state index contributed by atoms with van der Waals surface area (Å²) in [6, 6.07) is -1.00. The number of unbranched alkanes of at least 4 members (excludes halogenated alkanes) is 38. The molecule has 3 heterocycles. The Morgan fingerprint density at radius 2 is 0.684 bits per heavy atom. The summed E-state index contributed by atoms with van der Waals surface area (Å²) in [7, 11) is 0. The number of carbonyl (C=O) groups is 1. The normalized spacial score (nSPS) is 27.1. The number of allylic oxidation sites excluding steroid dienone is 9. The number of aliphatic hydroxyl groups is 11. The number of carbonyl (C=O) groups excluding carboxylic acids is 1. The predicted molar refractivity (Wildman–Crippen MR) is 388 cm³/mol. The first-order valence-electron chi connectivity index (χ1n) is 39.5. The summed E-state index contributed by atoms with van der Waals surface area (Å²) < 4.78 is 34.4. The molecule has 19 nitrogen and oxygen atoms in total. The lowest BCUT2D eigenvalue weighted by atomic mass is 9.96. The number of nitrogens with one attached hydrogen (secondary N) is 1. The van der Waals surface area contributed by atoms with Crippen LogP contribution in [0, 0.1) is 0 Å². The van der Waals surface area contributed by atoms with Gasteiger partial charge in [-0.25, -0.2) is 0 Å². The molecule has 0 radical (unpaired) electrons. The number of ether oxygens (including phenoxy) is 6. The summed E-state index contributed by atoms with van der Waals surface area (Å²) in [6.45, 7) is 1.73. The van der Waals surface area contributed by atoms with Gasteiger partial charge in [0, 0.05) is 6.42 Å². The maximum Gasteiger partial charge on any atom is 0.220 e. The Bertz CT molecular complexity index is 2010. The Morgan fingerprint density at radius 1 is 0.367 bits per heavy atom. The van der Waals surface area contributed by atoms with Gasteiger partial charge in [-0.05, 0) is 77.0 Å². The van der Waals surface area contributed by atoms with Crippen LogP contribution in [0.1, 0.15) is 303 Å². The van der Waals surface area contributed by atoms with Crippen molar-refractivity contribution in [3.05, 3.63) is 60.8 Å². The summed E-state index contributed by atoms with van der Waals surface area (Å²) in [5.74, 6) is -0.293. The van der Waals surface area contributed by atoms with Gasteiger partial charge in [-0.15, -0.1) is 0 Å². The molecule has 3 saturated heterocycles. The Labute approximate surface area is 592 Å². The van der Waals surface area contributed by atoms with E-state index in [0.717, 1.165) is 64.2 Å². The third-order valence-electron chi connectivity index (χ3n) is 19.5. The second kappa shape index (κ2) is 59.8. The van der Waals surface area contributed by atoms with Gasteiger partial charge >= 0.3 is 0 Å². The van der Waals surface area contributed by atoms with Gasteiger partial charge in [0.15, 0.2) is 18.9 Å². The van der Waals surface area contributed by atoms with Gasteiger partial charge in [0.25, 0.3) is 0 Å². The Kier molecular flexibility index (Phi) is 54.8. The lowest BCUT2D eigenvalue weighted by molar-refractivity contribution is -0.379. The van der Waals surface area contributed by atoms with E-state index in [1.807, 2.05) is 6.08 Å². The van der Waals surface area contributed by atoms with Crippen LogP contribution in [0.3, 0.4) is 0 Å². The number of amides is 1. The first-order chi connectivity index (χ1) is 47.8. The standard InChI is InChI=1S/C79H143NO18/c1-3-5-7-9-11-13-15-17-19-21-23-25-26-27-28-29-30-31-32-33-34-35-37-38-40-42-44-46-48-50-52-54-56-63(84)62(80-67(85)57-55-53-51-49-47-45-43-41-39-36-24-22-20-18-16-14-12-10-8-6-4-2)61-93-77-73(91)70(88)75(65(59-82)95-77)98-79-74(92)71(89)76(66(60-83)96-79)97-78-72(90)69(87)68(86)64(58-81)94-78/h16,18,22,24,38,40,46,48,54,56,62-66,68-79,81-84,86-92H,3-15,17,19-21,23,25-37,39,41-45,47,49-53,55,57-61H2,1-2H3,(H,80,85)/b18-16-,24-22-,40-38+,48-46+,56-54+. The van der Waals surface area contributed by atoms with Gasteiger partial charge in [0.1, 0.15) is 73.2 Å². The average molecular weight is 1400 g/mol. The van der Waals surface area contributed by atoms with Crippen LogP contribution in [0.5, 0.6) is 0 Å². The van der Waals surface area contributed by atoms with Crippen molar-refractivity contribution in [2.45, 2.75) is 407 Å². The van der Waals surface area contributed by atoms with Crippen molar-refractivity contribution in [1.82, 2.24) is 5.32 Å². The molecule has 0 aromatic carbocycles. The molecular formula is C79H143NO18. The van der Waals surface area contributed by atoms with Crippen molar-refractivity contribution < 1.29 is 89.4 Å². The molecule has 17 atom stereocenters. The zero-order chi connectivity index (χ0) is 71.1. The van der Waals surface area contributed by atoms with E-state index in [0.29, 0.717) is 12.8 Å². The summed E-state index contributed by atoms with van der Waals surface area (Å²) >= 11 is 0. The monoisotopic (exact) mass is 1390 g/mol. The van der Waals surface area contributed by atoms with Crippen LogP contribution in [0.4, 0.5) is 0 Å². The number of hydrogen-bond donors (Lipinski definition) is 12. The van der Waals surface area contributed by atoms with Crippen LogP contribution in [-0.2, 0) is 33.2 Å². The molecule has 19 heteroatoms. The topological polar surface area (TPSA) is 307 Å². The lowest BCUT2D eigenvalue weighted by Crippen LogP contribution is -2.66. The van der Waals surface area contributed by atoms with Gasteiger partial charge in [-0.3, -0.25) is 4.79 Å². The fraction of sp³-hybridized carbons (Fsp3) is 0.861. The Hall–Kier alpha value is -2.51. The molecule has 0 aromatic rings. The zero-order valence-electron chi connectivity index (χ0n) is 61.0. The van der Waals surface area contributed by atoms with Crippen molar-refractivity contribution in [2.24, 2.45) is 0 Å². The van der Waals surface area contributed by atoms with Crippen LogP contribution < -0.4 is 5.32 Å². The number of hydrogen-bond acceptors (Lipinski definition) is 18. The molecule has 3 rings (SSSR count). The van der Waals surface area contributed by atoms with E-state index in [-0.39, 0.29) is 18.9 Å². The molecule has 3 aliphatic heterocycles. The van der Waals surface area contributed by atoms with Crippen molar-refractivity contribution in [3.8, 4) is 0 Å². The predicted octanol–water partition coefficient (Wildman–Crippen LogP) is 12.7. The minimum atomic E-state index is -1.99. The summed E-state index contributed by atoms with van der Waals surface area (Å²) in [5, 5.41) is 121. The van der Waals surface area contributed by atoms with Gasteiger partial charge in [-0.1, -0.05) is 280 Å². The third-order valence-corrected chi connectivity index (χ3v) is 19.5. The van der Waals surface area contributed by atoms with E-state index in [4.69, 9.17) is 28.4 Å². The molecule has 0 aromatic heterocycles. The summed E-state index contributed by atoms with van der Waals surface area (Å²) in [6.07, 6.45) is 49.3. The lowest BCUT2D eigenvalue weighted by Gasteiger charge is -2.48. The molecule has 3 aliphatic rings. The molecule has 0 saturated carbocycles.